The van der Waals surface area contributed by atoms with Crippen molar-refractivity contribution < 1.29 is 0 Å². The van der Waals surface area contributed by atoms with E-state index in [-0.39, 0.29) is 6.04 Å². The van der Waals surface area contributed by atoms with Crippen molar-refractivity contribution in [2.45, 2.75) is 13.0 Å². The van der Waals surface area contributed by atoms with Crippen LogP contribution in [0.1, 0.15) is 24.1 Å². The molecule has 0 aliphatic rings. The fourth-order valence-corrected chi connectivity index (χ4v) is 1.82. The predicted octanol–water partition coefficient (Wildman–Crippen LogP) is 3.82. The molecular formula is C17H18N2. The van der Waals surface area contributed by atoms with Crippen LogP contribution in [0.2, 0.25) is 0 Å². The summed E-state index contributed by atoms with van der Waals surface area (Å²) in [4.78, 5) is 4.47. The minimum absolute atomic E-state index is 0.0709. The standard InChI is InChI=1S/C17H18N2/c1-14(16-10-6-3-7-11-16)19-17(18)13-12-15-8-4-2-5-9-15/h2-14H,1H3,(H2,18,19)/b13-12+. The molecule has 2 heteroatoms. The lowest BCUT2D eigenvalue weighted by atomic mass is 10.1. The van der Waals surface area contributed by atoms with Crippen LogP contribution in [0, 0.1) is 0 Å². The molecule has 0 aromatic heterocycles. The summed E-state index contributed by atoms with van der Waals surface area (Å²) in [6, 6.07) is 20.3. The zero-order valence-electron chi connectivity index (χ0n) is 11.0. The summed E-state index contributed by atoms with van der Waals surface area (Å²) < 4.78 is 0. The molecule has 0 radical (unpaired) electrons. The molecule has 0 bridgehead atoms. The summed E-state index contributed by atoms with van der Waals surface area (Å²) in [6.45, 7) is 2.04. The highest BCUT2D eigenvalue weighted by molar-refractivity contribution is 5.95. The number of benzene rings is 2. The van der Waals surface area contributed by atoms with Crippen LogP contribution in [0.25, 0.3) is 6.08 Å². The highest BCUT2D eigenvalue weighted by atomic mass is 14.9. The Hall–Kier alpha value is -2.35. The number of nitrogens with two attached hydrogens (primary N) is 1. The molecule has 2 aromatic rings. The maximum Gasteiger partial charge on any atom is 0.118 e. The minimum Gasteiger partial charge on any atom is -0.384 e. The Morgan fingerprint density at radius 2 is 1.58 bits per heavy atom. The fraction of sp³-hybridized carbons (Fsp3) is 0.118. The first kappa shape index (κ1) is 13.1. The van der Waals surface area contributed by atoms with Gasteiger partial charge in [0.05, 0.1) is 6.04 Å². The molecule has 1 unspecified atom stereocenters. The van der Waals surface area contributed by atoms with Crippen LogP contribution < -0.4 is 5.73 Å². The first-order valence-corrected chi connectivity index (χ1v) is 6.37. The molecule has 0 amide bonds. The van der Waals surface area contributed by atoms with Gasteiger partial charge in [-0.3, -0.25) is 4.99 Å². The van der Waals surface area contributed by atoms with E-state index in [2.05, 4.69) is 17.1 Å². The SMILES string of the molecule is CC(N=C(N)/C=C/c1ccccc1)c1ccccc1. The van der Waals surface area contributed by atoms with Gasteiger partial charge in [0, 0.05) is 0 Å². The lowest BCUT2D eigenvalue weighted by Gasteiger charge is -2.06. The average Bonchev–Trinajstić information content (AvgIpc) is 2.47. The van der Waals surface area contributed by atoms with E-state index in [1.54, 1.807) is 0 Å². The number of hydrogen-bond acceptors (Lipinski definition) is 1. The maximum absolute atomic E-state index is 5.92. The molecule has 96 valence electrons. The number of hydrogen-bond donors (Lipinski definition) is 1. The zero-order chi connectivity index (χ0) is 13.5. The summed E-state index contributed by atoms with van der Waals surface area (Å²) in [5.74, 6) is 0.542. The molecule has 1 atom stereocenters. The summed E-state index contributed by atoms with van der Waals surface area (Å²) in [7, 11) is 0. The molecule has 0 heterocycles. The van der Waals surface area contributed by atoms with Crippen LogP contribution in [-0.4, -0.2) is 5.84 Å². The first-order chi connectivity index (χ1) is 9.25. The predicted molar refractivity (Wildman–Crippen MR) is 82.0 cm³/mol. The smallest absolute Gasteiger partial charge is 0.118 e. The van der Waals surface area contributed by atoms with Crippen LogP contribution in [0.5, 0.6) is 0 Å². The van der Waals surface area contributed by atoms with Gasteiger partial charge >= 0.3 is 0 Å². The second-order valence-corrected chi connectivity index (χ2v) is 4.38. The molecule has 0 aliphatic carbocycles. The van der Waals surface area contributed by atoms with Gasteiger partial charge in [0.1, 0.15) is 5.84 Å². The molecule has 0 aliphatic heterocycles. The van der Waals surface area contributed by atoms with E-state index >= 15 is 0 Å². The van der Waals surface area contributed by atoms with Crippen LogP contribution in [0.15, 0.2) is 71.7 Å². The molecular weight excluding hydrogens is 232 g/mol. The van der Waals surface area contributed by atoms with Gasteiger partial charge in [-0.2, -0.15) is 0 Å². The highest BCUT2D eigenvalue weighted by Crippen LogP contribution is 2.15. The Bertz CT molecular complexity index is 556. The zero-order valence-corrected chi connectivity index (χ0v) is 11.0. The summed E-state index contributed by atoms with van der Waals surface area (Å²) in [6.07, 6.45) is 3.81. The van der Waals surface area contributed by atoms with Gasteiger partial charge in [-0.1, -0.05) is 66.7 Å². The molecule has 2 aromatic carbocycles. The Kier molecular flexibility index (Phi) is 4.51. The van der Waals surface area contributed by atoms with Crippen molar-refractivity contribution in [1.82, 2.24) is 0 Å². The lowest BCUT2D eigenvalue weighted by Crippen LogP contribution is -2.09. The average molecular weight is 250 g/mol. The maximum atomic E-state index is 5.92. The van der Waals surface area contributed by atoms with Crippen molar-refractivity contribution in [3.05, 3.63) is 77.9 Å². The van der Waals surface area contributed by atoms with E-state index in [4.69, 9.17) is 5.73 Å². The Morgan fingerprint density at radius 3 is 2.21 bits per heavy atom. The van der Waals surface area contributed by atoms with Crippen LogP contribution in [0.4, 0.5) is 0 Å². The molecule has 2 nitrogen and oxygen atoms in total. The van der Waals surface area contributed by atoms with Crippen molar-refractivity contribution in [3.63, 3.8) is 0 Å². The molecule has 0 fully saturated rings. The Balaban J connectivity index is 2.05. The normalized spacial score (nSPS) is 13.6. The van der Waals surface area contributed by atoms with E-state index in [0.29, 0.717) is 5.84 Å². The Morgan fingerprint density at radius 1 is 1.00 bits per heavy atom. The topological polar surface area (TPSA) is 38.4 Å². The number of nitrogens with zero attached hydrogens (tertiary/aromatic N) is 1. The monoisotopic (exact) mass is 250 g/mol. The van der Waals surface area contributed by atoms with Crippen LogP contribution in [-0.2, 0) is 0 Å². The van der Waals surface area contributed by atoms with Crippen molar-refractivity contribution in [1.29, 1.82) is 0 Å². The van der Waals surface area contributed by atoms with E-state index < -0.39 is 0 Å². The van der Waals surface area contributed by atoms with E-state index in [1.165, 1.54) is 5.56 Å². The highest BCUT2D eigenvalue weighted by Gasteiger charge is 2.01. The van der Waals surface area contributed by atoms with Gasteiger partial charge in [0.2, 0.25) is 0 Å². The molecule has 2 N–H and O–H groups in total. The van der Waals surface area contributed by atoms with Crippen LogP contribution in [0.3, 0.4) is 0 Å². The van der Waals surface area contributed by atoms with Gasteiger partial charge in [0.15, 0.2) is 0 Å². The van der Waals surface area contributed by atoms with Crippen LogP contribution >= 0.6 is 0 Å². The van der Waals surface area contributed by atoms with Crippen molar-refractivity contribution in [3.8, 4) is 0 Å². The van der Waals surface area contributed by atoms with Gasteiger partial charge in [0.25, 0.3) is 0 Å². The summed E-state index contributed by atoms with van der Waals surface area (Å²) >= 11 is 0. The number of rotatable bonds is 4. The summed E-state index contributed by atoms with van der Waals surface area (Å²) in [5, 5.41) is 0. The summed E-state index contributed by atoms with van der Waals surface area (Å²) in [5.41, 5.74) is 8.21. The van der Waals surface area contributed by atoms with E-state index in [9.17, 15) is 0 Å². The first-order valence-electron chi connectivity index (χ1n) is 6.37. The molecule has 19 heavy (non-hydrogen) atoms. The fourth-order valence-electron chi connectivity index (χ4n) is 1.82. The third-order valence-electron chi connectivity index (χ3n) is 2.87. The lowest BCUT2D eigenvalue weighted by molar-refractivity contribution is 0.819. The van der Waals surface area contributed by atoms with Gasteiger partial charge in [-0.05, 0) is 24.1 Å². The molecule has 2 rings (SSSR count). The second-order valence-electron chi connectivity index (χ2n) is 4.38. The minimum atomic E-state index is 0.0709. The van der Waals surface area contributed by atoms with Crippen molar-refractivity contribution in [2.75, 3.05) is 0 Å². The molecule has 0 spiro atoms. The number of aliphatic imine (C=N–C) groups is 1. The van der Waals surface area contributed by atoms with Gasteiger partial charge in [-0.25, -0.2) is 0 Å². The van der Waals surface area contributed by atoms with Gasteiger partial charge in [-0.15, -0.1) is 0 Å². The largest absolute Gasteiger partial charge is 0.384 e. The van der Waals surface area contributed by atoms with Crippen molar-refractivity contribution >= 4 is 11.9 Å². The van der Waals surface area contributed by atoms with Crippen molar-refractivity contribution in [2.24, 2.45) is 10.7 Å². The van der Waals surface area contributed by atoms with E-state index in [1.807, 2.05) is 67.6 Å². The second kappa shape index (κ2) is 6.55. The number of amidine groups is 1. The Labute approximate surface area is 114 Å². The quantitative estimate of drug-likeness (QED) is 0.650. The van der Waals surface area contributed by atoms with E-state index in [0.717, 1.165) is 5.56 Å². The molecule has 0 saturated heterocycles. The third kappa shape index (κ3) is 4.11. The third-order valence-corrected chi connectivity index (χ3v) is 2.87. The molecule has 0 saturated carbocycles. The van der Waals surface area contributed by atoms with Gasteiger partial charge < -0.3 is 5.73 Å².